The van der Waals surface area contributed by atoms with Gasteiger partial charge in [0.25, 0.3) is 5.91 Å². The number of benzene rings is 1. The van der Waals surface area contributed by atoms with Gasteiger partial charge in [0, 0.05) is 38.4 Å². The Morgan fingerprint density at radius 3 is 2.62 bits per heavy atom. The van der Waals surface area contributed by atoms with Crippen LogP contribution in [0.1, 0.15) is 23.2 Å². The molecule has 0 atom stereocenters. The van der Waals surface area contributed by atoms with E-state index in [0.29, 0.717) is 18.4 Å². The van der Waals surface area contributed by atoms with Crippen molar-refractivity contribution in [3.63, 3.8) is 0 Å². The highest BCUT2D eigenvalue weighted by molar-refractivity contribution is 5.95. The second kappa shape index (κ2) is 6.15. The fraction of sp³-hybridized carbons (Fsp3) is 0.500. The third kappa shape index (κ3) is 3.53. The number of amides is 1. The van der Waals surface area contributed by atoms with Crippen molar-refractivity contribution in [2.24, 2.45) is 0 Å². The largest absolute Gasteiger partial charge is 0.378 e. The molecule has 0 saturated carbocycles. The first kappa shape index (κ1) is 15.3. The summed E-state index contributed by atoms with van der Waals surface area (Å²) in [6.45, 7) is 1.65. The van der Waals surface area contributed by atoms with Crippen LogP contribution < -0.4 is 10.2 Å². The number of likely N-dealkylation sites (tertiary alicyclic amines) is 1. The number of anilines is 1. The molecule has 1 aliphatic rings. The smallest absolute Gasteiger partial charge is 0.252 e. The van der Waals surface area contributed by atoms with Crippen molar-refractivity contribution in [3.8, 4) is 6.07 Å². The van der Waals surface area contributed by atoms with Crippen LogP contribution in [0.2, 0.25) is 0 Å². The number of hydrogen-bond donors (Lipinski definition) is 1. The minimum absolute atomic E-state index is 0.176. The Morgan fingerprint density at radius 2 is 2.05 bits per heavy atom. The normalized spacial score (nSPS) is 17.8. The molecule has 1 heterocycles. The zero-order valence-corrected chi connectivity index (χ0v) is 12.9. The third-order valence-electron chi connectivity index (χ3n) is 4.03. The highest BCUT2D eigenvalue weighted by Gasteiger charge is 2.35. The Bertz CT molecular complexity index is 554. The van der Waals surface area contributed by atoms with Crippen LogP contribution in [0.15, 0.2) is 24.3 Å². The fourth-order valence-corrected chi connectivity index (χ4v) is 2.48. The molecule has 1 saturated heterocycles. The van der Waals surface area contributed by atoms with Gasteiger partial charge in [-0.2, -0.15) is 5.26 Å². The van der Waals surface area contributed by atoms with E-state index < -0.39 is 5.54 Å². The average molecular weight is 286 g/mol. The number of piperidine rings is 1. The second-order valence-corrected chi connectivity index (χ2v) is 5.90. The van der Waals surface area contributed by atoms with E-state index in [1.165, 1.54) is 0 Å². The minimum Gasteiger partial charge on any atom is -0.378 e. The lowest BCUT2D eigenvalue weighted by Crippen LogP contribution is -2.53. The summed E-state index contributed by atoms with van der Waals surface area (Å²) in [5.41, 5.74) is 0.823. The van der Waals surface area contributed by atoms with Crippen molar-refractivity contribution in [1.82, 2.24) is 10.2 Å². The van der Waals surface area contributed by atoms with E-state index in [2.05, 4.69) is 16.3 Å². The summed E-state index contributed by atoms with van der Waals surface area (Å²) < 4.78 is 0. The molecule has 1 fully saturated rings. The topological polar surface area (TPSA) is 59.4 Å². The van der Waals surface area contributed by atoms with Crippen LogP contribution in [0.3, 0.4) is 0 Å². The molecule has 0 spiro atoms. The van der Waals surface area contributed by atoms with Gasteiger partial charge in [-0.25, -0.2) is 0 Å². The number of nitrogens with one attached hydrogen (secondary N) is 1. The average Bonchev–Trinajstić information content (AvgIpc) is 2.50. The van der Waals surface area contributed by atoms with Crippen molar-refractivity contribution in [2.45, 2.75) is 18.4 Å². The Morgan fingerprint density at radius 1 is 1.38 bits per heavy atom. The van der Waals surface area contributed by atoms with Gasteiger partial charge in [-0.3, -0.25) is 4.79 Å². The van der Waals surface area contributed by atoms with Gasteiger partial charge >= 0.3 is 0 Å². The van der Waals surface area contributed by atoms with Gasteiger partial charge in [0.05, 0.1) is 6.07 Å². The van der Waals surface area contributed by atoms with E-state index in [1.54, 1.807) is 6.07 Å². The van der Waals surface area contributed by atoms with E-state index in [-0.39, 0.29) is 5.91 Å². The Hall–Kier alpha value is -2.06. The monoisotopic (exact) mass is 286 g/mol. The van der Waals surface area contributed by atoms with Crippen LogP contribution >= 0.6 is 0 Å². The Balaban J connectivity index is 2.13. The molecule has 2 rings (SSSR count). The van der Waals surface area contributed by atoms with Crippen LogP contribution in [-0.2, 0) is 0 Å². The van der Waals surface area contributed by atoms with Gasteiger partial charge in [-0.15, -0.1) is 0 Å². The molecule has 0 unspecified atom stereocenters. The summed E-state index contributed by atoms with van der Waals surface area (Å²) in [6.07, 6.45) is 1.33. The molecule has 0 radical (unpaired) electrons. The molecule has 1 aromatic rings. The maximum absolute atomic E-state index is 12.4. The molecular weight excluding hydrogens is 264 g/mol. The van der Waals surface area contributed by atoms with Gasteiger partial charge in [0.1, 0.15) is 5.54 Å². The minimum atomic E-state index is -0.738. The Kier molecular flexibility index (Phi) is 4.49. The van der Waals surface area contributed by atoms with Gasteiger partial charge in [0.2, 0.25) is 0 Å². The zero-order chi connectivity index (χ0) is 15.5. The van der Waals surface area contributed by atoms with E-state index in [9.17, 15) is 10.1 Å². The van der Waals surface area contributed by atoms with Crippen LogP contribution in [0.4, 0.5) is 5.69 Å². The van der Waals surface area contributed by atoms with Gasteiger partial charge in [0.15, 0.2) is 0 Å². The summed E-state index contributed by atoms with van der Waals surface area (Å²) in [4.78, 5) is 16.6. The summed E-state index contributed by atoms with van der Waals surface area (Å²) in [6, 6.07) is 9.74. The number of rotatable bonds is 3. The number of carbonyl (C=O) groups excluding carboxylic acids is 1. The van der Waals surface area contributed by atoms with Gasteiger partial charge in [-0.05, 0) is 38.1 Å². The van der Waals surface area contributed by atoms with Gasteiger partial charge in [-0.1, -0.05) is 6.07 Å². The molecule has 1 N–H and O–H groups in total. The van der Waals surface area contributed by atoms with E-state index in [1.807, 2.05) is 44.2 Å². The van der Waals surface area contributed by atoms with Crippen LogP contribution in [0.5, 0.6) is 0 Å². The molecule has 0 aromatic heterocycles. The molecule has 5 heteroatoms. The summed E-state index contributed by atoms with van der Waals surface area (Å²) >= 11 is 0. The maximum Gasteiger partial charge on any atom is 0.252 e. The lowest BCUT2D eigenvalue weighted by molar-refractivity contribution is 0.0882. The molecule has 1 aromatic carbocycles. The first-order valence-corrected chi connectivity index (χ1v) is 7.15. The highest BCUT2D eigenvalue weighted by atomic mass is 16.1. The zero-order valence-electron chi connectivity index (χ0n) is 12.9. The summed E-state index contributed by atoms with van der Waals surface area (Å²) in [7, 11) is 5.90. The lowest BCUT2D eigenvalue weighted by Gasteiger charge is -2.36. The molecule has 1 aliphatic heterocycles. The highest BCUT2D eigenvalue weighted by Crippen LogP contribution is 2.22. The lowest BCUT2D eigenvalue weighted by atomic mass is 9.89. The second-order valence-electron chi connectivity index (χ2n) is 5.90. The SMILES string of the molecule is CN1CCC(C#N)(NC(=O)c2cccc(N(C)C)c2)CC1. The first-order chi connectivity index (χ1) is 9.96. The summed E-state index contributed by atoms with van der Waals surface area (Å²) in [5.74, 6) is -0.176. The Labute approximate surface area is 126 Å². The molecule has 1 amide bonds. The predicted molar refractivity (Wildman–Crippen MR) is 83.3 cm³/mol. The number of carbonyl (C=O) groups is 1. The molecule has 112 valence electrons. The predicted octanol–water partition coefficient (Wildman–Crippen LogP) is 1.47. The fourth-order valence-electron chi connectivity index (χ4n) is 2.48. The standard InChI is InChI=1S/C16H22N4O/c1-19(2)14-6-4-5-13(11-14)15(21)18-16(12-17)7-9-20(3)10-8-16/h4-6,11H,7-10H2,1-3H3,(H,18,21). The molecule has 0 aliphatic carbocycles. The quantitative estimate of drug-likeness (QED) is 0.914. The van der Waals surface area contributed by atoms with Crippen LogP contribution in [0, 0.1) is 11.3 Å². The van der Waals surface area contributed by atoms with Crippen molar-refractivity contribution < 1.29 is 4.79 Å². The number of hydrogen-bond acceptors (Lipinski definition) is 4. The number of nitriles is 1. The molecule has 0 bridgehead atoms. The third-order valence-corrected chi connectivity index (χ3v) is 4.03. The molecule has 5 nitrogen and oxygen atoms in total. The maximum atomic E-state index is 12.4. The van der Waals surface area contributed by atoms with E-state index in [0.717, 1.165) is 18.8 Å². The molecule has 21 heavy (non-hydrogen) atoms. The van der Waals surface area contributed by atoms with E-state index in [4.69, 9.17) is 0 Å². The first-order valence-electron chi connectivity index (χ1n) is 7.15. The van der Waals surface area contributed by atoms with Gasteiger partial charge < -0.3 is 15.1 Å². The van der Waals surface area contributed by atoms with E-state index >= 15 is 0 Å². The van der Waals surface area contributed by atoms with Crippen LogP contribution in [0.25, 0.3) is 0 Å². The van der Waals surface area contributed by atoms with Crippen LogP contribution in [-0.4, -0.2) is 50.6 Å². The van der Waals surface area contributed by atoms with Crippen molar-refractivity contribution in [3.05, 3.63) is 29.8 Å². The number of nitrogens with zero attached hydrogens (tertiary/aromatic N) is 3. The molecular formula is C16H22N4O. The van der Waals surface area contributed by atoms with Crippen molar-refractivity contribution >= 4 is 11.6 Å². The van der Waals surface area contributed by atoms with Crippen molar-refractivity contribution in [1.29, 1.82) is 5.26 Å². The van der Waals surface area contributed by atoms with Crippen molar-refractivity contribution in [2.75, 3.05) is 39.1 Å². The summed E-state index contributed by atoms with van der Waals surface area (Å²) in [5, 5.41) is 12.4.